The van der Waals surface area contributed by atoms with Crippen molar-refractivity contribution in [2.75, 3.05) is 0 Å². The van der Waals surface area contributed by atoms with Crippen LogP contribution in [0.3, 0.4) is 0 Å². The summed E-state index contributed by atoms with van der Waals surface area (Å²) in [5.41, 5.74) is 3.08. The predicted octanol–water partition coefficient (Wildman–Crippen LogP) is 3.10. The molecule has 0 aliphatic carbocycles. The summed E-state index contributed by atoms with van der Waals surface area (Å²) in [6, 6.07) is 16.5. The molecule has 3 aromatic heterocycles. The van der Waals surface area contributed by atoms with Crippen LogP contribution in [0.25, 0.3) is 22.7 Å². The molecule has 0 amide bonds. The highest BCUT2D eigenvalue weighted by Crippen LogP contribution is 2.22. The topological polar surface area (TPSA) is 136 Å². The minimum absolute atomic E-state index is 0.00920. The molecule has 3 heterocycles. The van der Waals surface area contributed by atoms with Crippen molar-refractivity contribution in [1.29, 1.82) is 5.26 Å². The first-order valence-corrected chi connectivity index (χ1v) is 9.52. The van der Waals surface area contributed by atoms with Crippen molar-refractivity contribution in [3.63, 3.8) is 0 Å². The molecule has 0 aliphatic heterocycles. The number of nitrogens with zero attached hydrogens (tertiary/aromatic N) is 8. The third-order valence-electron chi connectivity index (χ3n) is 4.55. The van der Waals surface area contributed by atoms with Crippen molar-refractivity contribution in [3.8, 4) is 34.8 Å². The fourth-order valence-corrected chi connectivity index (χ4v) is 3.10. The summed E-state index contributed by atoms with van der Waals surface area (Å²) in [5, 5.41) is 26.7. The van der Waals surface area contributed by atoms with E-state index in [2.05, 4.69) is 36.3 Å². The maximum Gasteiger partial charge on any atom is 0.240 e. The van der Waals surface area contributed by atoms with Gasteiger partial charge in [0.15, 0.2) is 11.6 Å². The van der Waals surface area contributed by atoms with E-state index in [-0.39, 0.29) is 11.6 Å². The van der Waals surface area contributed by atoms with E-state index in [0.717, 1.165) is 11.1 Å². The summed E-state index contributed by atoms with van der Waals surface area (Å²) in [5.74, 6) is 1.26. The molecule has 32 heavy (non-hydrogen) atoms. The number of benzene rings is 2. The molecule has 5 rings (SSSR count). The largest absolute Gasteiger partial charge is 0.505 e. The zero-order valence-electron chi connectivity index (χ0n) is 16.5. The first-order chi connectivity index (χ1) is 15.7. The third-order valence-corrected chi connectivity index (χ3v) is 4.55. The van der Waals surface area contributed by atoms with Gasteiger partial charge in [0.1, 0.15) is 5.75 Å². The Morgan fingerprint density at radius 1 is 1.00 bits per heavy atom. The summed E-state index contributed by atoms with van der Waals surface area (Å²) in [6.07, 6.45) is 4.16. The Kier molecular flexibility index (Phi) is 4.82. The van der Waals surface area contributed by atoms with E-state index in [4.69, 9.17) is 10.00 Å². The fourth-order valence-electron chi connectivity index (χ4n) is 3.10. The van der Waals surface area contributed by atoms with Crippen molar-refractivity contribution < 1.29 is 9.84 Å². The fraction of sp³-hybridized carbons (Fsp3) is 0.0455. The molecule has 10 heteroatoms. The molecule has 0 fully saturated rings. The average Bonchev–Trinajstić information content (AvgIpc) is 3.22. The van der Waals surface area contributed by atoms with Gasteiger partial charge in [-0.15, -0.1) is 5.10 Å². The van der Waals surface area contributed by atoms with Gasteiger partial charge in [-0.25, -0.2) is 19.6 Å². The lowest BCUT2D eigenvalue weighted by Crippen LogP contribution is -2.04. The second-order valence-electron chi connectivity index (χ2n) is 6.81. The second-order valence-corrected chi connectivity index (χ2v) is 6.81. The molecular weight excluding hydrogens is 408 g/mol. The molecule has 0 saturated heterocycles. The number of rotatable bonds is 5. The molecule has 0 unspecified atom stereocenters. The van der Waals surface area contributed by atoms with E-state index in [1.165, 1.54) is 18.6 Å². The van der Waals surface area contributed by atoms with E-state index < -0.39 is 0 Å². The van der Waals surface area contributed by atoms with Crippen LogP contribution in [0.4, 0.5) is 0 Å². The molecule has 0 saturated carbocycles. The monoisotopic (exact) mass is 422 g/mol. The lowest BCUT2D eigenvalue weighted by Gasteiger charge is -2.07. The van der Waals surface area contributed by atoms with Gasteiger partial charge >= 0.3 is 0 Å². The van der Waals surface area contributed by atoms with E-state index in [1.807, 2.05) is 24.3 Å². The Morgan fingerprint density at radius 2 is 1.84 bits per heavy atom. The van der Waals surface area contributed by atoms with Gasteiger partial charge in [0, 0.05) is 5.56 Å². The maximum absolute atomic E-state index is 9.39. The van der Waals surface area contributed by atoms with Crippen LogP contribution in [0.1, 0.15) is 11.1 Å². The van der Waals surface area contributed by atoms with Crippen LogP contribution in [-0.2, 0) is 6.54 Å². The van der Waals surface area contributed by atoms with Gasteiger partial charge in [-0.1, -0.05) is 29.5 Å². The summed E-state index contributed by atoms with van der Waals surface area (Å²) < 4.78 is 7.38. The second kappa shape index (κ2) is 8.08. The standard InChI is InChI=1S/C22H14N8O2/c23-9-14-3-2-6-18(8-14)32-19-12-26-21-22(27-19)30(29-28-21)13-15-4-1-5-16(7-15)20-24-10-17(31)11-25-20/h1-8,10-12,31H,13H2. The van der Waals surface area contributed by atoms with Gasteiger partial charge in [-0.05, 0) is 29.8 Å². The molecule has 0 atom stereocenters. The van der Waals surface area contributed by atoms with Crippen LogP contribution in [0.2, 0.25) is 0 Å². The van der Waals surface area contributed by atoms with E-state index in [9.17, 15) is 5.11 Å². The molecular formula is C22H14N8O2. The molecule has 0 aliphatic rings. The number of hydrogen-bond acceptors (Lipinski definition) is 9. The van der Waals surface area contributed by atoms with Crippen molar-refractivity contribution in [2.24, 2.45) is 0 Å². The number of ether oxygens (including phenoxy) is 1. The molecule has 5 aromatic rings. The predicted molar refractivity (Wildman–Crippen MR) is 113 cm³/mol. The van der Waals surface area contributed by atoms with Gasteiger partial charge < -0.3 is 9.84 Å². The molecule has 154 valence electrons. The Balaban J connectivity index is 1.42. The Labute approximate surface area is 181 Å². The van der Waals surface area contributed by atoms with Gasteiger partial charge in [-0.3, -0.25) is 0 Å². The zero-order valence-corrected chi connectivity index (χ0v) is 16.5. The zero-order chi connectivity index (χ0) is 21.9. The van der Waals surface area contributed by atoms with Crippen molar-refractivity contribution in [2.45, 2.75) is 6.54 Å². The number of fused-ring (bicyclic) bond motifs is 1. The van der Waals surface area contributed by atoms with E-state index in [1.54, 1.807) is 28.9 Å². The van der Waals surface area contributed by atoms with Gasteiger partial charge in [0.2, 0.25) is 17.2 Å². The Bertz CT molecular complexity index is 1460. The van der Waals surface area contributed by atoms with Crippen LogP contribution in [0, 0.1) is 11.3 Å². The number of aromatic nitrogens is 7. The molecule has 0 spiro atoms. The molecule has 1 N–H and O–H groups in total. The third kappa shape index (κ3) is 3.90. The normalized spacial score (nSPS) is 10.7. The smallest absolute Gasteiger partial charge is 0.240 e. The minimum Gasteiger partial charge on any atom is -0.505 e. The Hall–Kier alpha value is -4.91. The number of hydrogen-bond donors (Lipinski definition) is 1. The molecule has 0 radical (unpaired) electrons. The van der Waals surface area contributed by atoms with Crippen LogP contribution in [0.15, 0.2) is 67.1 Å². The average molecular weight is 422 g/mol. The van der Waals surface area contributed by atoms with E-state index in [0.29, 0.717) is 35.0 Å². The van der Waals surface area contributed by atoms with Crippen LogP contribution < -0.4 is 4.74 Å². The summed E-state index contributed by atoms with van der Waals surface area (Å²) in [4.78, 5) is 17.0. The highest BCUT2D eigenvalue weighted by molar-refractivity contribution is 5.65. The van der Waals surface area contributed by atoms with Crippen molar-refractivity contribution in [1.82, 2.24) is 34.9 Å². The molecule has 10 nitrogen and oxygen atoms in total. The van der Waals surface area contributed by atoms with Crippen molar-refractivity contribution in [3.05, 3.63) is 78.2 Å². The Morgan fingerprint density at radius 3 is 2.69 bits per heavy atom. The molecule has 2 aromatic carbocycles. The first-order valence-electron chi connectivity index (χ1n) is 9.52. The minimum atomic E-state index is 0.00920. The van der Waals surface area contributed by atoms with Crippen molar-refractivity contribution >= 4 is 11.3 Å². The SMILES string of the molecule is N#Cc1cccc(Oc2cnc3nnn(Cc4cccc(-c5ncc(O)cn5)c4)c3n2)c1. The van der Waals surface area contributed by atoms with Crippen LogP contribution in [-0.4, -0.2) is 40.0 Å². The van der Waals surface area contributed by atoms with Crippen LogP contribution >= 0.6 is 0 Å². The highest BCUT2D eigenvalue weighted by Gasteiger charge is 2.12. The van der Waals surface area contributed by atoms with Crippen LogP contribution in [0.5, 0.6) is 17.4 Å². The summed E-state index contributed by atoms with van der Waals surface area (Å²) in [6.45, 7) is 0.393. The summed E-state index contributed by atoms with van der Waals surface area (Å²) in [7, 11) is 0. The highest BCUT2D eigenvalue weighted by atomic mass is 16.5. The first kappa shape index (κ1) is 19.1. The lowest BCUT2D eigenvalue weighted by atomic mass is 10.1. The van der Waals surface area contributed by atoms with E-state index >= 15 is 0 Å². The quantitative estimate of drug-likeness (QED) is 0.453. The molecule has 0 bridgehead atoms. The van der Waals surface area contributed by atoms with Gasteiger partial charge in [0.25, 0.3) is 0 Å². The maximum atomic E-state index is 9.39. The number of aromatic hydroxyl groups is 1. The number of nitriles is 1. The summed E-state index contributed by atoms with van der Waals surface area (Å²) >= 11 is 0. The van der Waals surface area contributed by atoms with Gasteiger partial charge in [0.05, 0.1) is 36.8 Å². The van der Waals surface area contributed by atoms with Gasteiger partial charge in [-0.2, -0.15) is 10.2 Å². The lowest BCUT2D eigenvalue weighted by molar-refractivity contribution is 0.461.